The predicted octanol–water partition coefficient (Wildman–Crippen LogP) is 0.813. The largest absolute Gasteiger partial charge is 0.480 e. The molecule has 1 fully saturated rings. The highest BCUT2D eigenvalue weighted by atomic mass is 32.2. The van der Waals surface area contributed by atoms with E-state index in [0.717, 1.165) is 4.31 Å². The summed E-state index contributed by atoms with van der Waals surface area (Å²) >= 11 is 0. The van der Waals surface area contributed by atoms with Gasteiger partial charge in [0, 0.05) is 13.7 Å². The van der Waals surface area contributed by atoms with Gasteiger partial charge < -0.3 is 9.84 Å². The lowest BCUT2D eigenvalue weighted by molar-refractivity contribution is -0.150. The molecule has 0 aliphatic carbocycles. The van der Waals surface area contributed by atoms with E-state index in [4.69, 9.17) is 10.00 Å². The number of hydrogen-bond acceptors (Lipinski definition) is 5. The average molecular weight is 324 g/mol. The fraction of sp³-hybridized carbons (Fsp3) is 0.429. The van der Waals surface area contributed by atoms with Crippen LogP contribution in [0, 0.1) is 11.3 Å². The van der Waals surface area contributed by atoms with Gasteiger partial charge in [-0.15, -0.1) is 0 Å². The minimum atomic E-state index is -4.02. The lowest BCUT2D eigenvalue weighted by Gasteiger charge is -2.33. The lowest BCUT2D eigenvalue weighted by Crippen LogP contribution is -2.55. The van der Waals surface area contributed by atoms with Gasteiger partial charge in [-0.2, -0.15) is 9.57 Å². The average Bonchev–Trinajstić information content (AvgIpc) is 2.93. The van der Waals surface area contributed by atoms with E-state index in [2.05, 4.69) is 0 Å². The predicted molar refractivity (Wildman–Crippen MR) is 76.5 cm³/mol. The summed E-state index contributed by atoms with van der Waals surface area (Å²) in [6.07, 6.45) is 0.625. The van der Waals surface area contributed by atoms with Crippen LogP contribution in [0.2, 0.25) is 0 Å². The molecule has 118 valence electrons. The molecule has 0 amide bonds. The molecule has 0 bridgehead atoms. The Bertz CT molecular complexity index is 725. The Morgan fingerprint density at radius 2 is 2.27 bits per heavy atom. The molecular weight excluding hydrogens is 308 g/mol. The molecule has 2 rings (SSSR count). The molecule has 0 aromatic heterocycles. The molecule has 1 N–H and O–H groups in total. The Balaban J connectivity index is 2.52. The molecule has 1 saturated heterocycles. The first kappa shape index (κ1) is 16.4. The summed E-state index contributed by atoms with van der Waals surface area (Å²) < 4.78 is 31.5. The fourth-order valence-electron chi connectivity index (χ4n) is 2.72. The molecule has 8 heteroatoms. The van der Waals surface area contributed by atoms with Crippen molar-refractivity contribution in [1.82, 2.24) is 4.31 Å². The zero-order chi connectivity index (χ0) is 16.4. The third kappa shape index (κ3) is 2.59. The van der Waals surface area contributed by atoms with Crippen LogP contribution in [0.4, 0.5) is 0 Å². The molecule has 0 saturated carbocycles. The van der Waals surface area contributed by atoms with Crippen molar-refractivity contribution >= 4 is 16.0 Å². The van der Waals surface area contributed by atoms with Crippen molar-refractivity contribution in [3.8, 4) is 6.07 Å². The Morgan fingerprint density at radius 1 is 1.55 bits per heavy atom. The molecule has 1 aromatic carbocycles. The van der Waals surface area contributed by atoms with Crippen LogP contribution in [-0.2, 0) is 19.6 Å². The standard InChI is InChI=1S/C14H16N2O5S/c1-21-10-14(13(17)18)6-3-7-16(14)22(19,20)12-5-2-4-11(8-12)9-15/h2,4-5,8H,3,6-7,10H2,1H3,(H,17,18). The molecule has 1 aromatic rings. The van der Waals surface area contributed by atoms with Gasteiger partial charge in [0.05, 0.1) is 23.1 Å². The highest BCUT2D eigenvalue weighted by Crippen LogP contribution is 2.35. The number of methoxy groups -OCH3 is 1. The fourth-order valence-corrected chi connectivity index (χ4v) is 4.55. The number of hydrogen-bond donors (Lipinski definition) is 1. The van der Waals surface area contributed by atoms with Crippen LogP contribution in [0.5, 0.6) is 0 Å². The van der Waals surface area contributed by atoms with Gasteiger partial charge in [-0.3, -0.25) is 4.79 Å². The summed E-state index contributed by atoms with van der Waals surface area (Å²) in [6, 6.07) is 7.42. The number of ether oxygens (including phenoxy) is 1. The van der Waals surface area contributed by atoms with Crippen LogP contribution in [-0.4, -0.2) is 49.6 Å². The Kier molecular flexibility index (Phi) is 4.51. The van der Waals surface area contributed by atoms with E-state index in [1.165, 1.54) is 31.4 Å². The first-order valence-electron chi connectivity index (χ1n) is 6.64. The van der Waals surface area contributed by atoms with Crippen LogP contribution in [0.3, 0.4) is 0 Å². The second-order valence-corrected chi connectivity index (χ2v) is 6.95. The van der Waals surface area contributed by atoms with Gasteiger partial charge in [0.25, 0.3) is 0 Å². The van der Waals surface area contributed by atoms with E-state index in [0.29, 0.717) is 6.42 Å². The molecule has 7 nitrogen and oxygen atoms in total. The summed E-state index contributed by atoms with van der Waals surface area (Å²) in [5.41, 5.74) is -1.40. The molecule has 1 aliphatic rings. The van der Waals surface area contributed by atoms with E-state index in [9.17, 15) is 18.3 Å². The van der Waals surface area contributed by atoms with Crippen LogP contribution in [0.1, 0.15) is 18.4 Å². The van der Waals surface area contributed by atoms with E-state index in [-0.39, 0.29) is 30.0 Å². The van der Waals surface area contributed by atoms with Crippen molar-refractivity contribution in [2.45, 2.75) is 23.3 Å². The first-order chi connectivity index (χ1) is 10.4. The van der Waals surface area contributed by atoms with Crippen LogP contribution >= 0.6 is 0 Å². The Hall–Kier alpha value is -1.95. The number of nitriles is 1. The quantitative estimate of drug-likeness (QED) is 0.859. The summed E-state index contributed by atoms with van der Waals surface area (Å²) in [4.78, 5) is 11.6. The Labute approximate surface area is 128 Å². The van der Waals surface area contributed by atoms with Gasteiger partial charge in [0.1, 0.15) is 0 Å². The van der Waals surface area contributed by atoms with Crippen LogP contribution < -0.4 is 0 Å². The van der Waals surface area contributed by atoms with E-state index in [1.807, 2.05) is 6.07 Å². The minimum absolute atomic E-state index is 0.0878. The zero-order valence-electron chi connectivity index (χ0n) is 12.0. The number of aliphatic carboxylic acids is 1. The van der Waals surface area contributed by atoms with Crippen molar-refractivity contribution in [2.75, 3.05) is 20.3 Å². The van der Waals surface area contributed by atoms with Crippen LogP contribution in [0.25, 0.3) is 0 Å². The van der Waals surface area contributed by atoms with Gasteiger partial charge in [-0.1, -0.05) is 6.07 Å². The third-order valence-corrected chi connectivity index (χ3v) is 5.72. The van der Waals surface area contributed by atoms with E-state index < -0.39 is 21.5 Å². The number of carboxylic acid groups (broad SMARTS) is 1. The van der Waals surface area contributed by atoms with E-state index >= 15 is 0 Å². The topological polar surface area (TPSA) is 108 Å². The summed E-state index contributed by atoms with van der Waals surface area (Å²) in [7, 11) is -2.69. The summed E-state index contributed by atoms with van der Waals surface area (Å²) in [5, 5.41) is 18.4. The monoisotopic (exact) mass is 324 g/mol. The third-order valence-electron chi connectivity index (χ3n) is 3.76. The second-order valence-electron chi connectivity index (χ2n) is 5.09. The summed E-state index contributed by atoms with van der Waals surface area (Å²) in [5.74, 6) is -1.23. The molecule has 22 heavy (non-hydrogen) atoms. The van der Waals surface area contributed by atoms with Gasteiger partial charge >= 0.3 is 5.97 Å². The lowest BCUT2D eigenvalue weighted by atomic mass is 9.99. The number of sulfonamides is 1. The highest BCUT2D eigenvalue weighted by molar-refractivity contribution is 7.89. The normalized spacial score (nSPS) is 22.4. The maximum atomic E-state index is 12.8. The zero-order valence-corrected chi connectivity index (χ0v) is 12.8. The Morgan fingerprint density at radius 3 is 2.86 bits per heavy atom. The van der Waals surface area contributed by atoms with Crippen molar-refractivity contribution in [2.24, 2.45) is 0 Å². The van der Waals surface area contributed by atoms with Crippen molar-refractivity contribution in [1.29, 1.82) is 5.26 Å². The van der Waals surface area contributed by atoms with E-state index in [1.54, 1.807) is 0 Å². The number of nitrogens with zero attached hydrogens (tertiary/aromatic N) is 2. The van der Waals surface area contributed by atoms with Crippen molar-refractivity contribution < 1.29 is 23.1 Å². The molecule has 1 heterocycles. The van der Waals surface area contributed by atoms with Gasteiger partial charge in [0.2, 0.25) is 10.0 Å². The SMILES string of the molecule is COCC1(C(=O)O)CCCN1S(=O)(=O)c1cccc(C#N)c1. The van der Waals surface area contributed by atoms with Crippen molar-refractivity contribution in [3.63, 3.8) is 0 Å². The summed E-state index contributed by atoms with van der Waals surface area (Å²) in [6.45, 7) is -0.117. The molecule has 0 radical (unpaired) electrons. The maximum Gasteiger partial charge on any atom is 0.327 e. The molecule has 1 atom stereocenters. The molecular formula is C14H16N2O5S. The van der Waals surface area contributed by atoms with Crippen LogP contribution in [0.15, 0.2) is 29.2 Å². The second kappa shape index (κ2) is 6.04. The molecule has 0 spiro atoms. The first-order valence-corrected chi connectivity index (χ1v) is 8.08. The van der Waals surface area contributed by atoms with Gasteiger partial charge in [-0.05, 0) is 31.0 Å². The highest BCUT2D eigenvalue weighted by Gasteiger charge is 2.53. The van der Waals surface area contributed by atoms with Gasteiger partial charge in [0.15, 0.2) is 5.54 Å². The van der Waals surface area contributed by atoms with Gasteiger partial charge in [-0.25, -0.2) is 8.42 Å². The molecule has 1 aliphatic heterocycles. The number of benzene rings is 1. The maximum absolute atomic E-state index is 12.8. The number of carboxylic acids is 1. The number of rotatable bonds is 5. The minimum Gasteiger partial charge on any atom is -0.480 e. The van der Waals surface area contributed by atoms with Crippen molar-refractivity contribution in [3.05, 3.63) is 29.8 Å². The molecule has 1 unspecified atom stereocenters. The number of carbonyl (C=O) groups is 1. The smallest absolute Gasteiger partial charge is 0.327 e.